The van der Waals surface area contributed by atoms with Crippen molar-refractivity contribution in [2.75, 3.05) is 11.9 Å². The monoisotopic (exact) mass is 465 g/mol. The zero-order valence-electron chi connectivity index (χ0n) is 13.1. The molecule has 0 saturated carbocycles. The van der Waals surface area contributed by atoms with Gasteiger partial charge >= 0.3 is 6.08 Å². The predicted molar refractivity (Wildman–Crippen MR) is 100 cm³/mol. The van der Waals surface area contributed by atoms with Crippen LogP contribution in [0.2, 0.25) is 0 Å². The molecule has 25 heavy (non-hydrogen) atoms. The molecule has 3 rings (SSSR count). The Labute approximate surface area is 160 Å². The number of nitrogens with one attached hydrogen (secondary N) is 1. The van der Waals surface area contributed by atoms with Gasteiger partial charge in [0.05, 0.1) is 5.69 Å². The van der Waals surface area contributed by atoms with Gasteiger partial charge in [0.2, 0.25) is 0 Å². The molecule has 0 aliphatic heterocycles. The highest BCUT2D eigenvalue weighted by atomic mass is 79.9. The SMILES string of the molecule is Cc1cc(Br)c(NC(=O)COc2nnc(-c3ccccc3)o2)c(Br)c1. The minimum atomic E-state index is -0.343. The molecule has 1 amide bonds. The number of hydrogen-bond acceptors (Lipinski definition) is 5. The van der Waals surface area contributed by atoms with Crippen LogP contribution < -0.4 is 10.1 Å². The molecule has 3 aromatic rings. The number of anilines is 1. The summed E-state index contributed by atoms with van der Waals surface area (Å²) in [5, 5.41) is 10.4. The number of carbonyl (C=O) groups is 1. The first kappa shape index (κ1) is 17.6. The molecule has 6 nitrogen and oxygen atoms in total. The summed E-state index contributed by atoms with van der Waals surface area (Å²) in [6.45, 7) is 1.72. The second-order valence-corrected chi connectivity index (χ2v) is 6.89. The largest absolute Gasteiger partial charge is 0.439 e. The highest BCUT2D eigenvalue weighted by Gasteiger charge is 2.13. The maximum Gasteiger partial charge on any atom is 0.415 e. The number of carbonyl (C=O) groups excluding carboxylic acids is 1. The van der Waals surface area contributed by atoms with Gasteiger partial charge in [-0.25, -0.2) is 0 Å². The summed E-state index contributed by atoms with van der Waals surface area (Å²) in [4.78, 5) is 12.1. The van der Waals surface area contributed by atoms with Gasteiger partial charge < -0.3 is 14.5 Å². The Morgan fingerprint density at radius 3 is 2.52 bits per heavy atom. The lowest BCUT2D eigenvalue weighted by Gasteiger charge is -2.10. The summed E-state index contributed by atoms with van der Waals surface area (Å²) in [6, 6.07) is 13.1. The third kappa shape index (κ3) is 4.46. The van der Waals surface area contributed by atoms with Gasteiger partial charge in [-0.3, -0.25) is 4.79 Å². The fourth-order valence-corrected chi connectivity index (χ4v) is 3.70. The lowest BCUT2D eigenvalue weighted by Crippen LogP contribution is -2.20. The first-order valence-electron chi connectivity index (χ1n) is 7.30. The van der Waals surface area contributed by atoms with Gasteiger partial charge in [-0.2, -0.15) is 0 Å². The molecule has 0 spiro atoms. The normalized spacial score (nSPS) is 10.5. The number of halogens is 2. The average molecular weight is 467 g/mol. The Kier molecular flexibility index (Phi) is 5.50. The summed E-state index contributed by atoms with van der Waals surface area (Å²) in [5.74, 6) is -0.00949. The molecule has 1 heterocycles. The van der Waals surface area contributed by atoms with E-state index in [0.717, 1.165) is 20.1 Å². The van der Waals surface area contributed by atoms with E-state index in [2.05, 4.69) is 47.4 Å². The number of nitrogens with zero attached hydrogens (tertiary/aromatic N) is 2. The summed E-state index contributed by atoms with van der Waals surface area (Å²) in [6.07, 6.45) is -0.0592. The summed E-state index contributed by atoms with van der Waals surface area (Å²) in [5.41, 5.74) is 2.48. The molecule has 8 heteroatoms. The van der Waals surface area contributed by atoms with E-state index in [1.807, 2.05) is 49.4 Å². The standard InChI is InChI=1S/C17H13Br2N3O3/c1-10-7-12(18)15(13(19)8-10)20-14(23)9-24-17-22-21-16(25-17)11-5-3-2-4-6-11/h2-8H,9H2,1H3,(H,20,23). The highest BCUT2D eigenvalue weighted by Crippen LogP contribution is 2.32. The van der Waals surface area contributed by atoms with Gasteiger partial charge in [0, 0.05) is 14.5 Å². The van der Waals surface area contributed by atoms with Crippen molar-refractivity contribution in [1.82, 2.24) is 10.2 Å². The number of amides is 1. The molecule has 1 N–H and O–H groups in total. The van der Waals surface area contributed by atoms with Crippen LogP contribution in [0.3, 0.4) is 0 Å². The van der Waals surface area contributed by atoms with E-state index in [1.54, 1.807) is 0 Å². The highest BCUT2D eigenvalue weighted by molar-refractivity contribution is 9.11. The zero-order chi connectivity index (χ0) is 17.8. The Hall–Kier alpha value is -2.19. The topological polar surface area (TPSA) is 77.2 Å². The van der Waals surface area contributed by atoms with Gasteiger partial charge in [0.1, 0.15) is 0 Å². The molecule has 2 aromatic carbocycles. The van der Waals surface area contributed by atoms with E-state index in [-0.39, 0.29) is 18.6 Å². The van der Waals surface area contributed by atoms with Gasteiger partial charge in [-0.1, -0.05) is 23.3 Å². The Bertz CT molecular complexity index is 874. The molecule has 0 radical (unpaired) electrons. The van der Waals surface area contributed by atoms with Crippen LogP contribution in [0, 0.1) is 6.92 Å². The van der Waals surface area contributed by atoms with E-state index in [0.29, 0.717) is 11.6 Å². The van der Waals surface area contributed by atoms with E-state index in [4.69, 9.17) is 9.15 Å². The van der Waals surface area contributed by atoms with Gasteiger partial charge in [-0.15, -0.1) is 5.10 Å². The maximum absolute atomic E-state index is 12.1. The van der Waals surface area contributed by atoms with Crippen molar-refractivity contribution >= 4 is 43.5 Å². The minimum Gasteiger partial charge on any atom is -0.439 e. The summed E-state index contributed by atoms with van der Waals surface area (Å²) in [7, 11) is 0. The number of aromatic nitrogens is 2. The van der Waals surface area contributed by atoms with Crippen LogP contribution in [-0.2, 0) is 4.79 Å². The quantitative estimate of drug-likeness (QED) is 0.595. The van der Waals surface area contributed by atoms with E-state index >= 15 is 0 Å². The second kappa shape index (κ2) is 7.79. The first-order chi connectivity index (χ1) is 12.0. The van der Waals surface area contributed by atoms with E-state index in [1.165, 1.54) is 0 Å². The van der Waals surface area contributed by atoms with Gasteiger partial charge in [0.25, 0.3) is 11.8 Å². The molecule has 0 atom stereocenters. The van der Waals surface area contributed by atoms with E-state index in [9.17, 15) is 4.79 Å². The number of aryl methyl sites for hydroxylation is 1. The maximum atomic E-state index is 12.1. The van der Waals surface area contributed by atoms with Crippen molar-refractivity contribution in [3.8, 4) is 17.5 Å². The van der Waals surface area contributed by atoms with Crippen LogP contribution in [0.25, 0.3) is 11.5 Å². The average Bonchev–Trinajstić information content (AvgIpc) is 3.06. The fourth-order valence-electron chi connectivity index (χ4n) is 2.09. The second-order valence-electron chi connectivity index (χ2n) is 5.18. The molecule has 0 bridgehead atoms. The molecule has 0 saturated heterocycles. The van der Waals surface area contributed by atoms with Crippen molar-refractivity contribution in [1.29, 1.82) is 0 Å². The third-order valence-electron chi connectivity index (χ3n) is 3.20. The third-order valence-corrected chi connectivity index (χ3v) is 4.46. The van der Waals surface area contributed by atoms with Crippen molar-refractivity contribution in [3.05, 3.63) is 57.0 Å². The van der Waals surface area contributed by atoms with Crippen LogP contribution in [0.15, 0.2) is 55.8 Å². The molecule has 128 valence electrons. The van der Waals surface area contributed by atoms with Crippen LogP contribution in [0.4, 0.5) is 5.69 Å². The van der Waals surface area contributed by atoms with E-state index < -0.39 is 0 Å². The summed E-state index contributed by atoms with van der Waals surface area (Å²) < 4.78 is 12.2. The van der Waals surface area contributed by atoms with Crippen molar-refractivity contribution in [2.45, 2.75) is 6.92 Å². The van der Waals surface area contributed by atoms with Crippen molar-refractivity contribution in [3.63, 3.8) is 0 Å². The zero-order valence-corrected chi connectivity index (χ0v) is 16.3. The number of hydrogen-bond donors (Lipinski definition) is 1. The molecule has 0 aliphatic rings. The minimum absolute atomic E-state index is 0.0592. The molecular weight excluding hydrogens is 454 g/mol. The van der Waals surface area contributed by atoms with Crippen LogP contribution in [-0.4, -0.2) is 22.7 Å². The number of rotatable bonds is 5. The van der Waals surface area contributed by atoms with Crippen molar-refractivity contribution in [2.24, 2.45) is 0 Å². The predicted octanol–water partition coefficient (Wildman–Crippen LogP) is 4.59. The summed E-state index contributed by atoms with van der Waals surface area (Å²) >= 11 is 6.85. The van der Waals surface area contributed by atoms with Gasteiger partial charge in [-0.05, 0) is 68.6 Å². The Morgan fingerprint density at radius 2 is 1.84 bits per heavy atom. The van der Waals surface area contributed by atoms with Crippen LogP contribution in [0.1, 0.15) is 5.56 Å². The Balaban J connectivity index is 1.61. The van der Waals surface area contributed by atoms with Crippen LogP contribution >= 0.6 is 31.9 Å². The lowest BCUT2D eigenvalue weighted by molar-refractivity contribution is -0.118. The Morgan fingerprint density at radius 1 is 1.16 bits per heavy atom. The van der Waals surface area contributed by atoms with Gasteiger partial charge in [0.15, 0.2) is 6.61 Å². The number of ether oxygens (including phenoxy) is 1. The molecule has 0 unspecified atom stereocenters. The number of benzene rings is 2. The molecule has 0 fully saturated rings. The molecule has 1 aromatic heterocycles. The fraction of sp³-hybridized carbons (Fsp3) is 0.118. The molecule has 0 aliphatic carbocycles. The smallest absolute Gasteiger partial charge is 0.415 e. The van der Waals surface area contributed by atoms with Crippen LogP contribution in [0.5, 0.6) is 6.08 Å². The molecular formula is C17H13Br2N3O3. The van der Waals surface area contributed by atoms with Crippen molar-refractivity contribution < 1.29 is 13.9 Å². The lowest BCUT2D eigenvalue weighted by atomic mass is 10.2. The first-order valence-corrected chi connectivity index (χ1v) is 8.89.